The van der Waals surface area contributed by atoms with Gasteiger partial charge in [-0.1, -0.05) is 24.3 Å². The van der Waals surface area contributed by atoms with Crippen molar-refractivity contribution in [3.05, 3.63) is 60.7 Å². The highest BCUT2D eigenvalue weighted by Crippen LogP contribution is 2.33. The first-order valence-corrected chi connectivity index (χ1v) is 9.23. The first kappa shape index (κ1) is 19.0. The molecule has 1 aromatic carbocycles. The fraction of sp³-hybridized carbons (Fsp3) is 0.150. The van der Waals surface area contributed by atoms with Gasteiger partial charge in [-0.15, -0.1) is 15.3 Å². The lowest BCUT2D eigenvalue weighted by Gasteiger charge is -2.08. The van der Waals surface area contributed by atoms with Gasteiger partial charge < -0.3 is 4.57 Å². The zero-order valence-electron chi connectivity index (χ0n) is 16.4. The molecular formula is C20H15F3N8. The number of pyridine rings is 1. The fourth-order valence-corrected chi connectivity index (χ4v) is 3.52. The summed E-state index contributed by atoms with van der Waals surface area (Å²) in [4.78, 5) is 4.29. The lowest BCUT2D eigenvalue weighted by Crippen LogP contribution is -2.11. The van der Waals surface area contributed by atoms with Crippen LogP contribution in [0.5, 0.6) is 0 Å². The summed E-state index contributed by atoms with van der Waals surface area (Å²) < 4.78 is 44.3. The molecule has 4 aromatic heterocycles. The van der Waals surface area contributed by atoms with Gasteiger partial charge in [0, 0.05) is 25.2 Å². The number of aryl methyl sites for hydroxylation is 2. The fourth-order valence-electron chi connectivity index (χ4n) is 3.52. The van der Waals surface area contributed by atoms with Crippen molar-refractivity contribution in [2.75, 3.05) is 0 Å². The van der Waals surface area contributed by atoms with E-state index >= 15 is 0 Å². The van der Waals surface area contributed by atoms with Crippen LogP contribution in [0.4, 0.5) is 13.2 Å². The van der Waals surface area contributed by atoms with Crippen molar-refractivity contribution < 1.29 is 13.2 Å². The van der Waals surface area contributed by atoms with Crippen molar-refractivity contribution in [3.8, 4) is 34.0 Å². The van der Waals surface area contributed by atoms with E-state index in [-0.39, 0.29) is 11.5 Å². The number of halogens is 3. The number of hydrogen-bond donors (Lipinski definition) is 0. The Kier molecular flexibility index (Phi) is 4.14. The number of aromatic nitrogens is 8. The molecule has 5 aromatic rings. The smallest absolute Gasteiger partial charge is 0.317 e. The van der Waals surface area contributed by atoms with Gasteiger partial charge in [0.05, 0.1) is 17.5 Å². The maximum Gasteiger partial charge on any atom is 0.433 e. The van der Waals surface area contributed by atoms with Gasteiger partial charge in [0.25, 0.3) is 0 Å². The number of benzene rings is 1. The van der Waals surface area contributed by atoms with Crippen LogP contribution in [-0.2, 0) is 20.3 Å². The largest absolute Gasteiger partial charge is 0.433 e. The molecule has 0 radical (unpaired) electrons. The van der Waals surface area contributed by atoms with Gasteiger partial charge in [0.15, 0.2) is 17.3 Å². The number of hydrogen-bond acceptors (Lipinski definition) is 5. The summed E-state index contributed by atoms with van der Waals surface area (Å²) >= 11 is 0. The predicted octanol–water partition coefficient (Wildman–Crippen LogP) is 3.61. The Labute approximate surface area is 173 Å². The summed E-state index contributed by atoms with van der Waals surface area (Å²) in [6, 6.07) is 11.0. The van der Waals surface area contributed by atoms with Crippen molar-refractivity contribution in [1.29, 1.82) is 0 Å². The van der Waals surface area contributed by atoms with Crippen molar-refractivity contribution in [3.63, 3.8) is 0 Å². The number of alkyl halides is 3. The van der Waals surface area contributed by atoms with Crippen LogP contribution in [-0.4, -0.2) is 39.1 Å². The monoisotopic (exact) mass is 424 g/mol. The van der Waals surface area contributed by atoms with Crippen molar-refractivity contribution in [1.82, 2.24) is 39.1 Å². The standard InChI is InChI=1S/C20H15F3N8/c1-29-11-24-27-19(29)14-10-25-30(2)17(14)12-5-3-6-13(9-12)18-26-16-8-4-7-15(20(21,22)23)31(16)28-18/h3-11H,1-2H3. The molecule has 31 heavy (non-hydrogen) atoms. The predicted molar refractivity (Wildman–Crippen MR) is 106 cm³/mol. The molecule has 0 saturated heterocycles. The van der Waals surface area contributed by atoms with Crippen LogP contribution >= 0.6 is 0 Å². The maximum atomic E-state index is 13.3. The molecule has 0 atom stereocenters. The van der Waals surface area contributed by atoms with Gasteiger partial charge >= 0.3 is 6.18 Å². The lowest BCUT2D eigenvalue weighted by molar-refractivity contribution is -0.142. The molecule has 0 aliphatic carbocycles. The van der Waals surface area contributed by atoms with E-state index in [2.05, 4.69) is 25.4 Å². The summed E-state index contributed by atoms with van der Waals surface area (Å²) in [5.41, 5.74) is 2.19. The van der Waals surface area contributed by atoms with E-state index in [9.17, 15) is 13.2 Å². The molecule has 4 heterocycles. The second-order valence-corrected chi connectivity index (χ2v) is 6.99. The summed E-state index contributed by atoms with van der Waals surface area (Å²) in [6.07, 6.45) is -1.24. The van der Waals surface area contributed by atoms with Crippen LogP contribution in [0.3, 0.4) is 0 Å². The first-order chi connectivity index (χ1) is 14.8. The van der Waals surface area contributed by atoms with Gasteiger partial charge in [-0.2, -0.15) is 18.3 Å². The minimum atomic E-state index is -4.54. The Morgan fingerprint density at radius 3 is 2.48 bits per heavy atom. The molecule has 8 nitrogen and oxygen atoms in total. The molecule has 156 valence electrons. The molecule has 0 spiro atoms. The molecular weight excluding hydrogens is 409 g/mol. The summed E-state index contributed by atoms with van der Waals surface area (Å²) in [7, 11) is 3.64. The van der Waals surface area contributed by atoms with E-state index in [0.29, 0.717) is 11.4 Å². The van der Waals surface area contributed by atoms with Gasteiger partial charge in [0.2, 0.25) is 0 Å². The Morgan fingerprint density at radius 2 is 1.74 bits per heavy atom. The normalized spacial score (nSPS) is 12.0. The van der Waals surface area contributed by atoms with Crippen LogP contribution in [0.15, 0.2) is 55.0 Å². The lowest BCUT2D eigenvalue weighted by atomic mass is 10.0. The first-order valence-electron chi connectivity index (χ1n) is 9.23. The van der Waals surface area contributed by atoms with E-state index in [4.69, 9.17) is 0 Å². The zero-order valence-corrected chi connectivity index (χ0v) is 16.4. The van der Waals surface area contributed by atoms with Gasteiger partial charge in [-0.25, -0.2) is 9.50 Å². The Bertz CT molecular complexity index is 1410. The summed E-state index contributed by atoms with van der Waals surface area (Å²) in [6.45, 7) is 0. The molecule has 0 unspecified atom stereocenters. The highest BCUT2D eigenvalue weighted by molar-refractivity contribution is 5.80. The van der Waals surface area contributed by atoms with Crippen molar-refractivity contribution >= 4 is 5.65 Å². The highest BCUT2D eigenvalue weighted by Gasteiger charge is 2.34. The minimum absolute atomic E-state index is 0.121. The average Bonchev–Trinajstić information content (AvgIpc) is 3.44. The van der Waals surface area contributed by atoms with Crippen LogP contribution in [0.25, 0.3) is 39.7 Å². The maximum absolute atomic E-state index is 13.3. The van der Waals surface area contributed by atoms with Gasteiger partial charge in [-0.05, 0) is 18.2 Å². The van der Waals surface area contributed by atoms with Crippen molar-refractivity contribution in [2.45, 2.75) is 6.18 Å². The molecule has 5 rings (SSSR count). The highest BCUT2D eigenvalue weighted by atomic mass is 19.4. The minimum Gasteiger partial charge on any atom is -0.317 e. The Morgan fingerprint density at radius 1 is 0.968 bits per heavy atom. The van der Waals surface area contributed by atoms with E-state index < -0.39 is 11.9 Å². The molecule has 0 bridgehead atoms. The van der Waals surface area contributed by atoms with Crippen LogP contribution in [0.1, 0.15) is 5.69 Å². The van der Waals surface area contributed by atoms with Crippen LogP contribution in [0.2, 0.25) is 0 Å². The zero-order chi connectivity index (χ0) is 21.8. The average molecular weight is 424 g/mol. The third-order valence-corrected chi connectivity index (χ3v) is 4.94. The third kappa shape index (κ3) is 3.14. The van der Waals surface area contributed by atoms with E-state index in [1.165, 1.54) is 12.1 Å². The molecule has 0 aliphatic heterocycles. The Balaban J connectivity index is 1.64. The van der Waals surface area contributed by atoms with E-state index in [0.717, 1.165) is 27.4 Å². The van der Waals surface area contributed by atoms with E-state index in [1.807, 2.05) is 19.2 Å². The Hall–Kier alpha value is -4.02. The number of rotatable bonds is 3. The van der Waals surface area contributed by atoms with Crippen LogP contribution in [0, 0.1) is 0 Å². The molecule has 0 amide bonds. The second-order valence-electron chi connectivity index (χ2n) is 6.99. The number of nitrogens with zero attached hydrogens (tertiary/aromatic N) is 8. The molecule has 0 saturated carbocycles. The quantitative estimate of drug-likeness (QED) is 0.442. The van der Waals surface area contributed by atoms with Crippen molar-refractivity contribution in [2.24, 2.45) is 14.1 Å². The SMILES string of the molecule is Cn1cnnc1-c1cnn(C)c1-c1cccc(-c2nc3cccc(C(F)(F)F)n3n2)c1. The van der Waals surface area contributed by atoms with E-state index in [1.54, 1.807) is 41.0 Å². The van der Waals surface area contributed by atoms with Crippen LogP contribution < -0.4 is 0 Å². The molecule has 0 aliphatic rings. The summed E-state index contributed by atoms with van der Waals surface area (Å²) in [5, 5.41) is 16.5. The molecule has 11 heteroatoms. The number of fused-ring (bicyclic) bond motifs is 1. The van der Waals surface area contributed by atoms with Gasteiger partial charge in [-0.3, -0.25) is 4.68 Å². The molecule has 0 fully saturated rings. The third-order valence-electron chi connectivity index (χ3n) is 4.94. The molecule has 0 N–H and O–H groups in total. The second kappa shape index (κ2) is 6.76. The topological polar surface area (TPSA) is 78.7 Å². The summed E-state index contributed by atoms with van der Waals surface area (Å²) in [5.74, 6) is 0.843. The van der Waals surface area contributed by atoms with Gasteiger partial charge in [0.1, 0.15) is 12.0 Å².